The van der Waals surface area contributed by atoms with Gasteiger partial charge in [-0.2, -0.15) is 0 Å². The van der Waals surface area contributed by atoms with Gasteiger partial charge in [-0.1, -0.05) is 11.6 Å². The van der Waals surface area contributed by atoms with Gasteiger partial charge in [-0.25, -0.2) is 0 Å². The summed E-state index contributed by atoms with van der Waals surface area (Å²) in [6.07, 6.45) is 1.52. The Morgan fingerprint density at radius 2 is 2.13 bits per heavy atom. The van der Waals surface area contributed by atoms with Crippen LogP contribution in [0.25, 0.3) is 0 Å². The minimum Gasteiger partial charge on any atom is -0.496 e. The number of likely N-dealkylation sites (tertiary alicyclic amines) is 1. The van der Waals surface area contributed by atoms with Crippen LogP contribution in [0, 0.1) is 12.8 Å². The highest BCUT2D eigenvalue weighted by Gasteiger charge is 2.31. The van der Waals surface area contributed by atoms with Gasteiger partial charge in [0.2, 0.25) is 0 Å². The number of halogens is 1. The monoisotopic (exact) mass is 339 g/mol. The van der Waals surface area contributed by atoms with Crippen LogP contribution in [0.5, 0.6) is 5.75 Å². The number of hydrogen-bond acceptors (Lipinski definition) is 4. The Morgan fingerprint density at radius 1 is 1.39 bits per heavy atom. The van der Waals surface area contributed by atoms with Crippen molar-refractivity contribution in [3.05, 3.63) is 28.3 Å². The lowest BCUT2D eigenvalue weighted by atomic mass is 9.97. The second kappa shape index (κ2) is 7.68. The molecule has 1 atom stereocenters. The second-order valence-electron chi connectivity index (χ2n) is 5.64. The van der Waals surface area contributed by atoms with Crippen LogP contribution in [0.4, 0.5) is 0 Å². The maximum atomic E-state index is 12.8. The number of nitrogens with zero attached hydrogens (tertiary/aromatic N) is 1. The van der Waals surface area contributed by atoms with E-state index in [9.17, 15) is 9.59 Å². The number of benzene rings is 1. The molecule has 5 nitrogen and oxygen atoms in total. The van der Waals surface area contributed by atoms with Crippen molar-refractivity contribution in [1.29, 1.82) is 0 Å². The smallest absolute Gasteiger partial charge is 0.310 e. The topological polar surface area (TPSA) is 55.8 Å². The number of esters is 1. The van der Waals surface area contributed by atoms with Crippen LogP contribution in [-0.4, -0.2) is 43.6 Å². The van der Waals surface area contributed by atoms with Crippen molar-refractivity contribution in [2.24, 2.45) is 5.92 Å². The predicted octanol–water partition coefficient (Wildman–Crippen LogP) is 3.07. The van der Waals surface area contributed by atoms with E-state index in [1.165, 1.54) is 7.11 Å². The first-order valence-corrected chi connectivity index (χ1v) is 8.15. The van der Waals surface area contributed by atoms with E-state index in [-0.39, 0.29) is 17.8 Å². The van der Waals surface area contributed by atoms with E-state index >= 15 is 0 Å². The molecule has 1 fully saturated rings. The van der Waals surface area contributed by atoms with E-state index < -0.39 is 0 Å². The molecule has 0 bridgehead atoms. The maximum Gasteiger partial charge on any atom is 0.310 e. The van der Waals surface area contributed by atoms with Crippen molar-refractivity contribution in [1.82, 2.24) is 4.90 Å². The van der Waals surface area contributed by atoms with E-state index in [2.05, 4.69) is 0 Å². The van der Waals surface area contributed by atoms with E-state index in [0.29, 0.717) is 36.0 Å². The molecule has 23 heavy (non-hydrogen) atoms. The number of ether oxygens (including phenoxy) is 2. The Morgan fingerprint density at radius 3 is 2.78 bits per heavy atom. The Labute approximate surface area is 141 Å². The third-order valence-corrected chi connectivity index (χ3v) is 4.45. The van der Waals surface area contributed by atoms with Gasteiger partial charge in [-0.3, -0.25) is 9.59 Å². The fourth-order valence-corrected chi connectivity index (χ4v) is 2.94. The molecular formula is C17H22ClNO4. The number of amides is 1. The third-order valence-electron chi connectivity index (χ3n) is 4.04. The fourth-order valence-electron chi connectivity index (χ4n) is 2.78. The standard InChI is InChI=1S/C17H22ClNO4/c1-4-23-17(21)12-6-5-7-19(10-12)16(20)13-9-14(18)11(2)8-15(13)22-3/h8-9,12H,4-7,10H2,1-3H3. The number of piperidine rings is 1. The molecule has 126 valence electrons. The average molecular weight is 340 g/mol. The van der Waals surface area contributed by atoms with Gasteiger partial charge in [0.15, 0.2) is 0 Å². The van der Waals surface area contributed by atoms with Gasteiger partial charge in [-0.05, 0) is 44.4 Å². The predicted molar refractivity (Wildman–Crippen MR) is 88.0 cm³/mol. The van der Waals surface area contributed by atoms with Crippen molar-refractivity contribution in [2.45, 2.75) is 26.7 Å². The first kappa shape index (κ1) is 17.6. The average Bonchev–Trinajstić information content (AvgIpc) is 2.56. The first-order valence-electron chi connectivity index (χ1n) is 7.78. The summed E-state index contributed by atoms with van der Waals surface area (Å²) in [6.45, 7) is 4.97. The van der Waals surface area contributed by atoms with Crippen LogP contribution in [0.3, 0.4) is 0 Å². The number of aryl methyl sites for hydroxylation is 1. The van der Waals surface area contributed by atoms with Crippen molar-refractivity contribution in [2.75, 3.05) is 26.8 Å². The molecule has 0 saturated carbocycles. The molecule has 1 amide bonds. The highest BCUT2D eigenvalue weighted by molar-refractivity contribution is 6.31. The Kier molecular flexibility index (Phi) is 5.88. The van der Waals surface area contributed by atoms with Crippen LogP contribution in [-0.2, 0) is 9.53 Å². The maximum absolute atomic E-state index is 12.8. The van der Waals surface area contributed by atoms with E-state index in [0.717, 1.165) is 18.4 Å². The molecular weight excluding hydrogens is 318 g/mol. The second-order valence-corrected chi connectivity index (χ2v) is 6.05. The Bertz CT molecular complexity index is 603. The Hall–Kier alpha value is -1.75. The molecule has 1 aliphatic rings. The summed E-state index contributed by atoms with van der Waals surface area (Å²) in [6, 6.07) is 3.38. The van der Waals surface area contributed by atoms with E-state index in [1.54, 1.807) is 24.0 Å². The highest BCUT2D eigenvalue weighted by Crippen LogP contribution is 2.29. The van der Waals surface area contributed by atoms with Crippen LogP contribution in [0.2, 0.25) is 5.02 Å². The van der Waals surface area contributed by atoms with Crippen molar-refractivity contribution < 1.29 is 19.1 Å². The molecule has 1 unspecified atom stereocenters. The van der Waals surface area contributed by atoms with E-state index in [4.69, 9.17) is 21.1 Å². The zero-order valence-corrected chi connectivity index (χ0v) is 14.5. The van der Waals surface area contributed by atoms with Gasteiger partial charge in [-0.15, -0.1) is 0 Å². The summed E-state index contributed by atoms with van der Waals surface area (Å²) in [7, 11) is 1.52. The molecule has 1 saturated heterocycles. The number of rotatable bonds is 4. The number of methoxy groups -OCH3 is 1. The molecule has 6 heteroatoms. The molecule has 0 aromatic heterocycles. The molecule has 1 aromatic rings. The summed E-state index contributed by atoms with van der Waals surface area (Å²) < 4.78 is 10.4. The number of hydrogen-bond donors (Lipinski definition) is 0. The Balaban J connectivity index is 2.20. The molecule has 1 heterocycles. The molecule has 0 N–H and O–H groups in total. The summed E-state index contributed by atoms with van der Waals surface area (Å²) >= 11 is 6.15. The molecule has 1 aromatic carbocycles. The summed E-state index contributed by atoms with van der Waals surface area (Å²) in [4.78, 5) is 26.4. The van der Waals surface area contributed by atoms with Gasteiger partial charge < -0.3 is 14.4 Å². The third kappa shape index (κ3) is 3.96. The number of carbonyl (C=O) groups is 2. The molecule has 0 aliphatic carbocycles. The van der Waals surface area contributed by atoms with E-state index in [1.807, 2.05) is 6.92 Å². The quantitative estimate of drug-likeness (QED) is 0.791. The molecule has 2 rings (SSSR count). The minimum absolute atomic E-state index is 0.169. The van der Waals surface area contributed by atoms with Crippen LogP contribution in [0.15, 0.2) is 12.1 Å². The lowest BCUT2D eigenvalue weighted by molar-refractivity contribution is -0.149. The van der Waals surface area contributed by atoms with Gasteiger partial charge >= 0.3 is 5.97 Å². The van der Waals surface area contributed by atoms with Crippen LogP contribution < -0.4 is 4.74 Å². The minimum atomic E-state index is -0.264. The van der Waals surface area contributed by atoms with Crippen molar-refractivity contribution >= 4 is 23.5 Å². The zero-order valence-electron chi connectivity index (χ0n) is 13.7. The first-order chi connectivity index (χ1) is 11.0. The van der Waals surface area contributed by atoms with Gasteiger partial charge in [0.25, 0.3) is 5.91 Å². The summed E-state index contributed by atoms with van der Waals surface area (Å²) in [5.74, 6) is -0.175. The summed E-state index contributed by atoms with van der Waals surface area (Å²) in [5.41, 5.74) is 1.27. The molecule has 0 radical (unpaired) electrons. The van der Waals surface area contributed by atoms with Gasteiger partial charge in [0.1, 0.15) is 5.75 Å². The largest absolute Gasteiger partial charge is 0.496 e. The van der Waals surface area contributed by atoms with Crippen molar-refractivity contribution in [3.63, 3.8) is 0 Å². The van der Waals surface area contributed by atoms with Crippen LogP contribution >= 0.6 is 11.6 Å². The molecule has 0 spiro atoms. The lowest BCUT2D eigenvalue weighted by Crippen LogP contribution is -2.43. The van der Waals surface area contributed by atoms with Gasteiger partial charge in [0.05, 0.1) is 25.2 Å². The lowest BCUT2D eigenvalue weighted by Gasteiger charge is -2.32. The van der Waals surface area contributed by atoms with Crippen LogP contribution in [0.1, 0.15) is 35.7 Å². The normalized spacial score (nSPS) is 17.7. The molecule has 1 aliphatic heterocycles. The highest BCUT2D eigenvalue weighted by atomic mass is 35.5. The fraction of sp³-hybridized carbons (Fsp3) is 0.529. The number of carbonyl (C=O) groups excluding carboxylic acids is 2. The zero-order chi connectivity index (χ0) is 17.0. The van der Waals surface area contributed by atoms with Gasteiger partial charge in [0, 0.05) is 18.1 Å². The van der Waals surface area contributed by atoms with Crippen molar-refractivity contribution in [3.8, 4) is 5.75 Å². The SMILES string of the molecule is CCOC(=O)C1CCCN(C(=O)c2cc(Cl)c(C)cc2OC)C1. The summed E-state index contributed by atoms with van der Waals surface area (Å²) in [5, 5.41) is 0.521.